The molecule has 0 N–H and O–H groups in total. The van der Waals surface area contributed by atoms with Crippen LogP contribution in [0.25, 0.3) is 0 Å². The van der Waals surface area contributed by atoms with Gasteiger partial charge in [-0.3, -0.25) is 9.98 Å². The van der Waals surface area contributed by atoms with Crippen LogP contribution >= 0.6 is 0 Å². The number of aliphatic imine (C=N–C) groups is 2. The van der Waals surface area contributed by atoms with Gasteiger partial charge in [0.15, 0.2) is 0 Å². The third-order valence-corrected chi connectivity index (χ3v) is 2.66. The Hall–Kier alpha value is -2.22. The fourth-order valence-electron chi connectivity index (χ4n) is 1.90. The van der Waals surface area contributed by atoms with Gasteiger partial charge in [0.05, 0.1) is 11.4 Å². The molecule has 0 saturated carbocycles. The van der Waals surface area contributed by atoms with E-state index in [1.165, 1.54) is 0 Å². The average Bonchev–Trinajstić information content (AvgIpc) is 2.40. The Bertz CT molecular complexity index is 515. The molecule has 0 bridgehead atoms. The minimum atomic E-state index is 0.795. The third-order valence-electron chi connectivity index (χ3n) is 2.66. The molecule has 96 valence electrons. The van der Waals surface area contributed by atoms with Crippen molar-refractivity contribution in [3.63, 3.8) is 0 Å². The molecule has 0 heterocycles. The Morgan fingerprint density at radius 2 is 1.05 bits per heavy atom. The summed E-state index contributed by atoms with van der Waals surface area (Å²) in [6.45, 7) is 4.08. The molecule has 0 spiro atoms. The first-order chi connectivity index (χ1) is 9.24. The van der Waals surface area contributed by atoms with Crippen molar-refractivity contribution in [3.8, 4) is 0 Å². The zero-order valence-electron chi connectivity index (χ0n) is 11.4. The van der Waals surface area contributed by atoms with Gasteiger partial charge >= 0.3 is 0 Å². The van der Waals surface area contributed by atoms with E-state index in [4.69, 9.17) is 0 Å². The monoisotopic (exact) mass is 250 g/mol. The van der Waals surface area contributed by atoms with E-state index in [2.05, 4.69) is 9.98 Å². The summed E-state index contributed by atoms with van der Waals surface area (Å²) >= 11 is 0. The van der Waals surface area contributed by atoms with Crippen LogP contribution in [0.5, 0.6) is 0 Å². The lowest BCUT2D eigenvalue weighted by molar-refractivity contribution is 1.37. The Morgan fingerprint density at radius 3 is 1.42 bits per heavy atom. The largest absolute Gasteiger partial charge is 0.258 e. The SMILES string of the molecule is C/C(C/C(C)=N/c1ccccc1)=N/c1ccccc1. The van der Waals surface area contributed by atoms with E-state index in [0.29, 0.717) is 0 Å². The predicted molar refractivity (Wildman–Crippen MR) is 83.0 cm³/mol. The second-order valence-corrected chi connectivity index (χ2v) is 4.54. The lowest BCUT2D eigenvalue weighted by Crippen LogP contribution is -1.99. The van der Waals surface area contributed by atoms with Crippen molar-refractivity contribution in [2.75, 3.05) is 0 Å². The molecular weight excluding hydrogens is 232 g/mol. The van der Waals surface area contributed by atoms with E-state index in [1.807, 2.05) is 74.5 Å². The van der Waals surface area contributed by atoms with Gasteiger partial charge in [0.25, 0.3) is 0 Å². The number of hydrogen-bond donors (Lipinski definition) is 0. The standard InChI is InChI=1S/C17H18N2/c1-14(18-16-9-5-3-6-10-16)13-15(2)19-17-11-7-4-8-12-17/h3-12H,13H2,1-2H3/b18-14-,19-15+. The van der Waals surface area contributed by atoms with Gasteiger partial charge in [0.2, 0.25) is 0 Å². The van der Waals surface area contributed by atoms with E-state index < -0.39 is 0 Å². The minimum Gasteiger partial charge on any atom is -0.258 e. The van der Waals surface area contributed by atoms with Gasteiger partial charge in [-0.05, 0) is 38.1 Å². The first-order valence-electron chi connectivity index (χ1n) is 6.42. The maximum atomic E-state index is 4.58. The number of hydrogen-bond acceptors (Lipinski definition) is 2. The topological polar surface area (TPSA) is 24.7 Å². The van der Waals surface area contributed by atoms with E-state index in [1.54, 1.807) is 0 Å². The van der Waals surface area contributed by atoms with Crippen LogP contribution < -0.4 is 0 Å². The van der Waals surface area contributed by atoms with Crippen LogP contribution in [0.3, 0.4) is 0 Å². The molecule has 0 saturated heterocycles. The maximum Gasteiger partial charge on any atom is 0.0629 e. The second kappa shape index (κ2) is 6.64. The number of para-hydroxylation sites is 2. The second-order valence-electron chi connectivity index (χ2n) is 4.54. The number of nitrogens with zero attached hydrogens (tertiary/aromatic N) is 2. The van der Waals surface area contributed by atoms with Crippen molar-refractivity contribution >= 4 is 22.8 Å². The van der Waals surface area contributed by atoms with Crippen LogP contribution in [0.4, 0.5) is 11.4 Å². The summed E-state index contributed by atoms with van der Waals surface area (Å²) in [7, 11) is 0. The molecule has 2 rings (SSSR count). The smallest absolute Gasteiger partial charge is 0.0629 e. The Labute approximate surface area is 114 Å². The summed E-state index contributed by atoms with van der Waals surface area (Å²) in [4.78, 5) is 9.15. The highest BCUT2D eigenvalue weighted by atomic mass is 14.8. The van der Waals surface area contributed by atoms with E-state index in [-0.39, 0.29) is 0 Å². The van der Waals surface area contributed by atoms with Gasteiger partial charge in [-0.2, -0.15) is 0 Å². The van der Waals surface area contributed by atoms with Crippen molar-refractivity contribution in [1.29, 1.82) is 0 Å². The summed E-state index contributed by atoms with van der Waals surface area (Å²) in [5.41, 5.74) is 4.13. The molecular formula is C17H18N2. The maximum absolute atomic E-state index is 4.58. The van der Waals surface area contributed by atoms with E-state index >= 15 is 0 Å². The van der Waals surface area contributed by atoms with Crippen molar-refractivity contribution in [2.45, 2.75) is 20.3 Å². The van der Waals surface area contributed by atoms with Crippen LogP contribution in [0, 0.1) is 0 Å². The average molecular weight is 250 g/mol. The van der Waals surface area contributed by atoms with Crippen LogP contribution in [0.2, 0.25) is 0 Å². The quantitative estimate of drug-likeness (QED) is 0.685. The van der Waals surface area contributed by atoms with E-state index in [9.17, 15) is 0 Å². The Balaban J connectivity index is 2.05. The molecule has 0 radical (unpaired) electrons. The predicted octanol–water partition coefficient (Wildman–Crippen LogP) is 4.96. The van der Waals surface area contributed by atoms with Crippen LogP contribution in [-0.2, 0) is 0 Å². The molecule has 0 atom stereocenters. The zero-order valence-corrected chi connectivity index (χ0v) is 11.4. The molecule has 0 aliphatic carbocycles. The normalized spacial score (nSPS) is 12.5. The van der Waals surface area contributed by atoms with E-state index in [0.717, 1.165) is 29.2 Å². The fourth-order valence-corrected chi connectivity index (χ4v) is 1.90. The van der Waals surface area contributed by atoms with Gasteiger partial charge in [0.1, 0.15) is 0 Å². The van der Waals surface area contributed by atoms with Crippen molar-refractivity contribution in [2.24, 2.45) is 9.98 Å². The first kappa shape index (κ1) is 13.2. The van der Waals surface area contributed by atoms with Crippen LogP contribution in [0.15, 0.2) is 70.6 Å². The highest BCUT2D eigenvalue weighted by molar-refractivity contribution is 6.03. The van der Waals surface area contributed by atoms with Gasteiger partial charge in [-0.25, -0.2) is 0 Å². The molecule has 0 amide bonds. The summed E-state index contributed by atoms with van der Waals surface area (Å²) in [6, 6.07) is 20.0. The third kappa shape index (κ3) is 4.51. The molecule has 0 aliphatic rings. The molecule has 2 heteroatoms. The van der Waals surface area contributed by atoms with Crippen molar-refractivity contribution < 1.29 is 0 Å². The highest BCUT2D eigenvalue weighted by Gasteiger charge is 1.97. The molecule has 19 heavy (non-hydrogen) atoms. The van der Waals surface area contributed by atoms with Gasteiger partial charge < -0.3 is 0 Å². The summed E-state index contributed by atoms with van der Waals surface area (Å²) in [5, 5.41) is 0. The van der Waals surface area contributed by atoms with Crippen molar-refractivity contribution in [1.82, 2.24) is 0 Å². The number of benzene rings is 2. The molecule has 2 nitrogen and oxygen atoms in total. The van der Waals surface area contributed by atoms with Crippen LogP contribution in [0.1, 0.15) is 20.3 Å². The zero-order chi connectivity index (χ0) is 13.5. The molecule has 0 aliphatic heterocycles. The molecule has 0 fully saturated rings. The van der Waals surface area contributed by atoms with Crippen molar-refractivity contribution in [3.05, 3.63) is 60.7 Å². The Morgan fingerprint density at radius 1 is 0.684 bits per heavy atom. The molecule has 0 aromatic heterocycles. The molecule has 2 aromatic rings. The summed E-state index contributed by atoms with van der Waals surface area (Å²) in [6.07, 6.45) is 0.795. The van der Waals surface area contributed by atoms with Crippen LogP contribution in [-0.4, -0.2) is 11.4 Å². The van der Waals surface area contributed by atoms with Gasteiger partial charge in [-0.1, -0.05) is 36.4 Å². The van der Waals surface area contributed by atoms with Gasteiger partial charge in [-0.15, -0.1) is 0 Å². The molecule has 0 unspecified atom stereocenters. The molecule has 2 aromatic carbocycles. The lowest BCUT2D eigenvalue weighted by atomic mass is 10.2. The van der Waals surface area contributed by atoms with Gasteiger partial charge in [0, 0.05) is 17.8 Å². The lowest BCUT2D eigenvalue weighted by Gasteiger charge is -2.02. The highest BCUT2D eigenvalue weighted by Crippen LogP contribution is 2.13. The fraction of sp³-hybridized carbons (Fsp3) is 0.176. The Kier molecular flexibility index (Phi) is 4.62. The summed E-state index contributed by atoms with van der Waals surface area (Å²) in [5.74, 6) is 0. The minimum absolute atomic E-state index is 0.795. The first-order valence-corrected chi connectivity index (χ1v) is 6.42. The number of rotatable bonds is 4. The summed E-state index contributed by atoms with van der Waals surface area (Å²) < 4.78 is 0.